The molecule has 7 nitrogen and oxygen atoms in total. The molecule has 0 radical (unpaired) electrons. The second-order valence-electron chi connectivity index (χ2n) is 6.55. The van der Waals surface area contributed by atoms with E-state index in [0.717, 1.165) is 11.1 Å². The smallest absolute Gasteiger partial charge is 0.228 e. The van der Waals surface area contributed by atoms with Crippen LogP contribution in [-0.2, 0) is 6.42 Å². The van der Waals surface area contributed by atoms with E-state index in [1.807, 2.05) is 30.3 Å². The molecule has 0 saturated heterocycles. The van der Waals surface area contributed by atoms with E-state index in [2.05, 4.69) is 9.97 Å². The van der Waals surface area contributed by atoms with Gasteiger partial charge in [-0.25, -0.2) is 4.98 Å². The van der Waals surface area contributed by atoms with Gasteiger partial charge < -0.3 is 18.6 Å². The minimum Gasteiger partial charge on any atom is -0.496 e. The largest absolute Gasteiger partial charge is 0.496 e. The molecule has 0 bridgehead atoms. The number of ketones is 1. The number of fused-ring (bicyclic) bond motifs is 1. The van der Waals surface area contributed by atoms with Crippen molar-refractivity contribution in [2.45, 2.75) is 6.42 Å². The number of hydrogen-bond donors (Lipinski definition) is 0. The lowest BCUT2D eigenvalue weighted by atomic mass is 9.99. The average Bonchev–Trinajstić information content (AvgIpc) is 3.22. The third kappa shape index (κ3) is 3.69. The molecule has 0 aliphatic rings. The zero-order valence-corrected chi connectivity index (χ0v) is 16.8. The van der Waals surface area contributed by atoms with Gasteiger partial charge in [0.25, 0.3) is 0 Å². The first-order valence-electron chi connectivity index (χ1n) is 9.27. The van der Waals surface area contributed by atoms with E-state index in [1.165, 1.54) is 14.2 Å². The summed E-state index contributed by atoms with van der Waals surface area (Å²) >= 11 is 0. The molecule has 2 aromatic carbocycles. The van der Waals surface area contributed by atoms with Crippen molar-refractivity contribution in [3.63, 3.8) is 0 Å². The Hall–Kier alpha value is -3.87. The van der Waals surface area contributed by atoms with Crippen molar-refractivity contribution in [2.24, 2.45) is 0 Å². The Morgan fingerprint density at radius 2 is 1.73 bits per heavy atom. The maximum atomic E-state index is 13.1. The summed E-state index contributed by atoms with van der Waals surface area (Å²) in [5.74, 6) is 1.67. The van der Waals surface area contributed by atoms with E-state index in [0.29, 0.717) is 39.9 Å². The molecule has 4 aromatic rings. The third-order valence-corrected chi connectivity index (χ3v) is 4.70. The second kappa shape index (κ2) is 8.24. The van der Waals surface area contributed by atoms with Gasteiger partial charge in [0.15, 0.2) is 17.0 Å². The molecule has 0 spiro atoms. The molecule has 152 valence electrons. The van der Waals surface area contributed by atoms with E-state index in [-0.39, 0.29) is 12.2 Å². The van der Waals surface area contributed by atoms with Gasteiger partial charge in [-0.05, 0) is 29.8 Å². The topological polar surface area (TPSA) is 83.7 Å². The zero-order chi connectivity index (χ0) is 21.1. The van der Waals surface area contributed by atoms with Crippen LogP contribution in [0.5, 0.6) is 17.2 Å². The second-order valence-corrected chi connectivity index (χ2v) is 6.55. The Morgan fingerprint density at radius 1 is 0.967 bits per heavy atom. The maximum absolute atomic E-state index is 13.1. The molecule has 0 aliphatic heterocycles. The lowest BCUT2D eigenvalue weighted by Gasteiger charge is -2.14. The fourth-order valence-corrected chi connectivity index (χ4v) is 3.26. The number of rotatable bonds is 7. The number of Topliss-reactive ketones (excluding diaryl/α,β-unsaturated/α-hetero) is 1. The summed E-state index contributed by atoms with van der Waals surface area (Å²) in [6, 6.07) is 14.4. The normalized spacial score (nSPS) is 10.8. The lowest BCUT2D eigenvalue weighted by molar-refractivity contribution is 0.0987. The van der Waals surface area contributed by atoms with E-state index in [9.17, 15) is 4.79 Å². The van der Waals surface area contributed by atoms with Gasteiger partial charge in [0.2, 0.25) is 5.89 Å². The van der Waals surface area contributed by atoms with Crippen LogP contribution in [0.1, 0.15) is 15.9 Å². The van der Waals surface area contributed by atoms with Gasteiger partial charge >= 0.3 is 0 Å². The predicted octanol–water partition coefficient (Wildman–Crippen LogP) is 4.34. The van der Waals surface area contributed by atoms with Gasteiger partial charge in [-0.15, -0.1) is 0 Å². The first-order valence-corrected chi connectivity index (χ1v) is 9.27. The van der Waals surface area contributed by atoms with Crippen LogP contribution >= 0.6 is 0 Å². The van der Waals surface area contributed by atoms with Crippen molar-refractivity contribution in [2.75, 3.05) is 21.3 Å². The van der Waals surface area contributed by atoms with Crippen LogP contribution in [-0.4, -0.2) is 37.1 Å². The Bertz CT molecular complexity index is 1160. The van der Waals surface area contributed by atoms with Crippen LogP contribution < -0.4 is 14.2 Å². The number of hydrogen-bond acceptors (Lipinski definition) is 7. The quantitative estimate of drug-likeness (QED) is 0.424. The summed E-state index contributed by atoms with van der Waals surface area (Å²) in [6.07, 6.45) is 1.82. The molecular formula is C23H20N2O5. The Morgan fingerprint density at radius 3 is 2.40 bits per heavy atom. The van der Waals surface area contributed by atoms with Crippen LogP contribution in [0.2, 0.25) is 0 Å². The number of ether oxygens (including phenoxy) is 3. The summed E-state index contributed by atoms with van der Waals surface area (Å²) in [5, 5.41) is 0. The fraction of sp³-hybridized carbons (Fsp3) is 0.174. The summed E-state index contributed by atoms with van der Waals surface area (Å²) in [5.41, 5.74) is 3.11. The molecule has 0 fully saturated rings. The monoisotopic (exact) mass is 404 g/mol. The van der Waals surface area contributed by atoms with Crippen LogP contribution in [0.4, 0.5) is 0 Å². The molecule has 2 aromatic heterocycles. The summed E-state index contributed by atoms with van der Waals surface area (Å²) < 4.78 is 21.8. The number of carbonyl (C=O) groups excluding carboxylic acids is 1. The minimum absolute atomic E-state index is 0.136. The first kappa shape index (κ1) is 19.4. The van der Waals surface area contributed by atoms with Gasteiger partial charge in [-0.1, -0.05) is 12.1 Å². The number of methoxy groups -OCH3 is 3. The predicted molar refractivity (Wildman–Crippen MR) is 111 cm³/mol. The molecule has 4 rings (SSSR count). The standard InChI is InChI=1S/C23H20N2O5/c1-27-16-12-19(28-2)21(20(13-16)29-3)17(26)11-14-6-4-7-15(10-14)23-25-22-18(30-23)8-5-9-24-22/h4-10,12-13H,11H2,1-3H3. The summed E-state index contributed by atoms with van der Waals surface area (Å²) in [4.78, 5) is 21.7. The number of nitrogens with zero attached hydrogens (tertiary/aromatic N) is 2. The number of oxazole rings is 1. The van der Waals surface area contributed by atoms with Crippen LogP contribution in [0.25, 0.3) is 22.7 Å². The van der Waals surface area contributed by atoms with E-state index >= 15 is 0 Å². The third-order valence-electron chi connectivity index (χ3n) is 4.70. The van der Waals surface area contributed by atoms with Gasteiger partial charge in [0, 0.05) is 30.3 Å². The van der Waals surface area contributed by atoms with Gasteiger partial charge in [0.05, 0.1) is 21.3 Å². The highest BCUT2D eigenvalue weighted by atomic mass is 16.5. The lowest BCUT2D eigenvalue weighted by Crippen LogP contribution is -2.08. The van der Waals surface area contributed by atoms with Crippen molar-refractivity contribution in [3.8, 4) is 28.7 Å². The zero-order valence-electron chi connectivity index (χ0n) is 16.8. The van der Waals surface area contributed by atoms with Crippen molar-refractivity contribution >= 4 is 17.0 Å². The highest BCUT2D eigenvalue weighted by Crippen LogP contribution is 2.35. The van der Waals surface area contributed by atoms with Crippen molar-refractivity contribution in [1.82, 2.24) is 9.97 Å². The van der Waals surface area contributed by atoms with Crippen LogP contribution in [0, 0.1) is 0 Å². The molecule has 30 heavy (non-hydrogen) atoms. The number of aromatic nitrogens is 2. The van der Waals surface area contributed by atoms with Crippen LogP contribution in [0.15, 0.2) is 59.1 Å². The van der Waals surface area contributed by atoms with E-state index in [1.54, 1.807) is 31.5 Å². The van der Waals surface area contributed by atoms with Gasteiger partial charge in [-0.3, -0.25) is 4.79 Å². The summed E-state index contributed by atoms with van der Waals surface area (Å²) in [6.45, 7) is 0. The molecule has 0 aliphatic carbocycles. The molecular weight excluding hydrogens is 384 g/mol. The SMILES string of the molecule is COc1cc(OC)c(C(=O)Cc2cccc(-c3nc4ncccc4o3)c2)c(OC)c1. The number of pyridine rings is 1. The molecule has 0 amide bonds. The highest BCUT2D eigenvalue weighted by Gasteiger charge is 2.21. The number of carbonyl (C=O) groups is 1. The fourth-order valence-electron chi connectivity index (χ4n) is 3.26. The minimum atomic E-state index is -0.136. The van der Waals surface area contributed by atoms with Crippen molar-refractivity contribution < 1.29 is 23.4 Å². The van der Waals surface area contributed by atoms with Crippen molar-refractivity contribution in [1.29, 1.82) is 0 Å². The van der Waals surface area contributed by atoms with Gasteiger partial charge in [-0.2, -0.15) is 4.98 Å². The van der Waals surface area contributed by atoms with Gasteiger partial charge in [0.1, 0.15) is 22.8 Å². The van der Waals surface area contributed by atoms with E-state index in [4.69, 9.17) is 18.6 Å². The first-order chi connectivity index (χ1) is 14.6. The Kier molecular flexibility index (Phi) is 5.34. The Labute approximate surface area is 173 Å². The van der Waals surface area contributed by atoms with E-state index < -0.39 is 0 Å². The highest BCUT2D eigenvalue weighted by molar-refractivity contribution is 6.03. The molecule has 0 saturated carbocycles. The summed E-state index contributed by atoms with van der Waals surface area (Å²) in [7, 11) is 4.56. The molecule has 0 atom stereocenters. The Balaban J connectivity index is 1.65. The van der Waals surface area contributed by atoms with Crippen LogP contribution in [0.3, 0.4) is 0 Å². The average molecular weight is 404 g/mol. The molecule has 7 heteroatoms. The molecule has 2 heterocycles. The van der Waals surface area contributed by atoms with Crippen molar-refractivity contribution in [3.05, 3.63) is 65.9 Å². The maximum Gasteiger partial charge on any atom is 0.228 e. The number of benzene rings is 2. The molecule has 0 unspecified atom stereocenters. The molecule has 0 N–H and O–H groups in total.